The SMILES string of the molecule is CC(CC(=O)N[C@H]1CCC[C@@H](C(=O)O)C1)NC(=O)OCC1c2ccccc2-c2ccccc21. The first-order valence-corrected chi connectivity index (χ1v) is 11.6. The maximum absolute atomic E-state index is 12.4. The van der Waals surface area contributed by atoms with Crippen molar-refractivity contribution in [1.29, 1.82) is 0 Å². The van der Waals surface area contributed by atoms with Gasteiger partial charge in [0.15, 0.2) is 0 Å². The number of carboxylic acid groups (broad SMARTS) is 1. The summed E-state index contributed by atoms with van der Waals surface area (Å²) in [6, 6.07) is 15.8. The lowest BCUT2D eigenvalue weighted by molar-refractivity contribution is -0.143. The minimum atomic E-state index is -0.806. The summed E-state index contributed by atoms with van der Waals surface area (Å²) in [6.07, 6.45) is 2.23. The fraction of sp³-hybridized carbons (Fsp3) is 0.423. The standard InChI is InChI=1S/C26H30N2O5/c1-16(13-24(29)28-18-8-6-7-17(14-18)25(30)31)27-26(32)33-15-23-21-11-4-2-9-19(21)20-10-3-5-12-22(20)23/h2-5,9-12,16-18,23H,6-8,13-15H2,1H3,(H,27,32)(H,28,29)(H,30,31)/t16?,17-,18+/m1/s1. The molecule has 0 radical (unpaired) electrons. The molecule has 1 saturated carbocycles. The van der Waals surface area contributed by atoms with Crippen LogP contribution in [-0.4, -0.2) is 41.8 Å². The zero-order valence-corrected chi connectivity index (χ0v) is 18.8. The van der Waals surface area contributed by atoms with Crippen molar-refractivity contribution in [2.45, 2.75) is 57.0 Å². The monoisotopic (exact) mass is 450 g/mol. The Hall–Kier alpha value is -3.35. The molecule has 33 heavy (non-hydrogen) atoms. The number of carboxylic acids is 1. The van der Waals surface area contributed by atoms with Crippen LogP contribution in [0.4, 0.5) is 4.79 Å². The maximum Gasteiger partial charge on any atom is 0.407 e. The highest BCUT2D eigenvalue weighted by molar-refractivity contribution is 5.80. The Kier molecular flexibility index (Phi) is 6.96. The van der Waals surface area contributed by atoms with Crippen molar-refractivity contribution < 1.29 is 24.2 Å². The lowest BCUT2D eigenvalue weighted by Crippen LogP contribution is -2.43. The molecule has 4 rings (SSSR count). The predicted octanol–water partition coefficient (Wildman–Crippen LogP) is 4.06. The molecule has 0 spiro atoms. The van der Waals surface area contributed by atoms with Crippen molar-refractivity contribution >= 4 is 18.0 Å². The number of amides is 2. The Morgan fingerprint density at radius 1 is 1.03 bits per heavy atom. The molecule has 3 atom stereocenters. The fourth-order valence-electron chi connectivity index (χ4n) is 5.00. The molecule has 2 aromatic rings. The Bertz CT molecular complexity index is 991. The number of benzene rings is 2. The minimum Gasteiger partial charge on any atom is -0.481 e. The van der Waals surface area contributed by atoms with Gasteiger partial charge in [-0.25, -0.2) is 4.79 Å². The molecule has 7 nitrogen and oxygen atoms in total. The highest BCUT2D eigenvalue weighted by Crippen LogP contribution is 2.44. The molecule has 7 heteroatoms. The first-order chi connectivity index (χ1) is 15.9. The molecular formula is C26H30N2O5. The number of alkyl carbamates (subject to hydrolysis) is 1. The molecule has 1 fully saturated rings. The first-order valence-electron chi connectivity index (χ1n) is 11.6. The second kappa shape index (κ2) is 10.1. The highest BCUT2D eigenvalue weighted by atomic mass is 16.5. The van der Waals surface area contributed by atoms with E-state index in [1.165, 1.54) is 11.1 Å². The summed E-state index contributed by atoms with van der Waals surface area (Å²) in [6.45, 7) is 1.97. The van der Waals surface area contributed by atoms with Gasteiger partial charge in [-0.05, 0) is 48.4 Å². The van der Waals surface area contributed by atoms with Gasteiger partial charge in [-0.15, -0.1) is 0 Å². The normalized spacial score (nSPS) is 20.3. The van der Waals surface area contributed by atoms with Crippen LogP contribution in [-0.2, 0) is 14.3 Å². The smallest absolute Gasteiger partial charge is 0.407 e. The Morgan fingerprint density at radius 3 is 2.30 bits per heavy atom. The van der Waals surface area contributed by atoms with Gasteiger partial charge in [0.1, 0.15) is 6.61 Å². The van der Waals surface area contributed by atoms with Gasteiger partial charge in [0.2, 0.25) is 5.91 Å². The van der Waals surface area contributed by atoms with E-state index in [2.05, 4.69) is 34.9 Å². The zero-order valence-electron chi connectivity index (χ0n) is 18.8. The number of carbonyl (C=O) groups excluding carboxylic acids is 2. The molecule has 2 aromatic carbocycles. The van der Waals surface area contributed by atoms with E-state index in [9.17, 15) is 19.5 Å². The maximum atomic E-state index is 12.4. The average Bonchev–Trinajstić information content (AvgIpc) is 3.11. The zero-order chi connectivity index (χ0) is 23.4. The van der Waals surface area contributed by atoms with Crippen molar-refractivity contribution in [2.24, 2.45) is 5.92 Å². The van der Waals surface area contributed by atoms with Crippen molar-refractivity contribution in [3.63, 3.8) is 0 Å². The lowest BCUT2D eigenvalue weighted by Gasteiger charge is -2.27. The number of carbonyl (C=O) groups is 3. The van der Waals surface area contributed by atoms with Crippen molar-refractivity contribution in [2.75, 3.05) is 6.61 Å². The number of fused-ring (bicyclic) bond motifs is 3. The van der Waals surface area contributed by atoms with Crippen LogP contribution >= 0.6 is 0 Å². The van der Waals surface area contributed by atoms with E-state index in [0.717, 1.165) is 24.0 Å². The summed E-state index contributed by atoms with van der Waals surface area (Å²) < 4.78 is 5.54. The van der Waals surface area contributed by atoms with Crippen LogP contribution < -0.4 is 10.6 Å². The second-order valence-corrected chi connectivity index (χ2v) is 9.04. The van der Waals surface area contributed by atoms with Crippen LogP contribution in [0.15, 0.2) is 48.5 Å². The molecule has 174 valence electrons. The molecule has 0 bridgehead atoms. The number of hydrogen-bond acceptors (Lipinski definition) is 4. The van der Waals surface area contributed by atoms with E-state index < -0.39 is 24.0 Å². The van der Waals surface area contributed by atoms with Crippen molar-refractivity contribution in [1.82, 2.24) is 10.6 Å². The van der Waals surface area contributed by atoms with Gasteiger partial charge in [0.25, 0.3) is 0 Å². The van der Waals surface area contributed by atoms with Gasteiger partial charge in [0.05, 0.1) is 5.92 Å². The van der Waals surface area contributed by atoms with Gasteiger partial charge in [-0.3, -0.25) is 9.59 Å². The highest BCUT2D eigenvalue weighted by Gasteiger charge is 2.30. The number of ether oxygens (including phenoxy) is 1. The Balaban J connectivity index is 1.25. The second-order valence-electron chi connectivity index (χ2n) is 9.04. The van der Waals surface area contributed by atoms with Crippen molar-refractivity contribution in [3.8, 4) is 11.1 Å². The van der Waals surface area contributed by atoms with Crippen LogP contribution in [0.1, 0.15) is 56.1 Å². The Labute approximate surface area is 193 Å². The van der Waals surface area contributed by atoms with E-state index in [1.54, 1.807) is 6.92 Å². The summed E-state index contributed by atoms with van der Waals surface area (Å²) in [5.74, 6) is -1.42. The molecule has 0 saturated heterocycles. The van der Waals surface area contributed by atoms with Crippen molar-refractivity contribution in [3.05, 3.63) is 59.7 Å². The van der Waals surface area contributed by atoms with Gasteiger partial charge in [-0.2, -0.15) is 0 Å². The molecule has 2 amide bonds. The van der Waals surface area contributed by atoms with E-state index in [-0.39, 0.29) is 30.9 Å². The van der Waals surface area contributed by atoms with Crippen LogP contribution in [0.2, 0.25) is 0 Å². The Morgan fingerprint density at radius 2 is 1.67 bits per heavy atom. The number of aliphatic carboxylic acids is 1. The minimum absolute atomic E-state index is 0.0183. The summed E-state index contributed by atoms with van der Waals surface area (Å²) in [5, 5.41) is 14.8. The quantitative estimate of drug-likeness (QED) is 0.590. The third-order valence-electron chi connectivity index (χ3n) is 6.59. The summed E-state index contributed by atoms with van der Waals surface area (Å²) >= 11 is 0. The number of nitrogens with one attached hydrogen (secondary N) is 2. The topological polar surface area (TPSA) is 105 Å². The molecule has 0 aliphatic heterocycles. The fourth-order valence-corrected chi connectivity index (χ4v) is 5.00. The lowest BCUT2D eigenvalue weighted by atomic mass is 9.85. The van der Waals surface area contributed by atoms with Gasteiger partial charge in [-0.1, -0.05) is 55.0 Å². The summed E-state index contributed by atoms with van der Waals surface area (Å²) in [4.78, 5) is 36.0. The third-order valence-corrected chi connectivity index (χ3v) is 6.59. The van der Waals surface area contributed by atoms with Gasteiger partial charge < -0.3 is 20.5 Å². The molecule has 3 N–H and O–H groups in total. The van der Waals surface area contributed by atoms with Crippen LogP contribution in [0.5, 0.6) is 0 Å². The molecule has 0 aromatic heterocycles. The molecular weight excluding hydrogens is 420 g/mol. The number of rotatable bonds is 7. The van der Waals surface area contributed by atoms with E-state index >= 15 is 0 Å². The van der Waals surface area contributed by atoms with Crippen LogP contribution in [0, 0.1) is 5.92 Å². The summed E-state index contributed by atoms with van der Waals surface area (Å²) in [7, 11) is 0. The molecule has 1 unspecified atom stereocenters. The van der Waals surface area contributed by atoms with E-state index in [0.29, 0.717) is 12.8 Å². The first kappa shape index (κ1) is 22.8. The van der Waals surface area contributed by atoms with E-state index in [4.69, 9.17) is 4.74 Å². The molecule has 2 aliphatic carbocycles. The summed E-state index contributed by atoms with van der Waals surface area (Å²) in [5.41, 5.74) is 4.62. The van der Waals surface area contributed by atoms with E-state index in [1.807, 2.05) is 24.3 Å². The van der Waals surface area contributed by atoms with Crippen LogP contribution in [0.25, 0.3) is 11.1 Å². The van der Waals surface area contributed by atoms with Gasteiger partial charge >= 0.3 is 12.1 Å². The van der Waals surface area contributed by atoms with Crippen LogP contribution in [0.3, 0.4) is 0 Å². The largest absolute Gasteiger partial charge is 0.481 e. The number of hydrogen-bond donors (Lipinski definition) is 3. The molecule has 0 heterocycles. The average molecular weight is 451 g/mol. The van der Waals surface area contributed by atoms with Gasteiger partial charge in [0, 0.05) is 24.4 Å². The third kappa shape index (κ3) is 5.35. The predicted molar refractivity (Wildman–Crippen MR) is 124 cm³/mol. The molecule has 2 aliphatic rings.